The minimum absolute atomic E-state index is 0.0332. The molecule has 0 amide bonds. The third-order valence-electron chi connectivity index (χ3n) is 11.2. The Kier molecular flexibility index (Phi) is 7.34. The fourth-order valence-electron chi connectivity index (χ4n) is 8.44. The molecule has 2 aliphatic heterocycles. The lowest BCUT2D eigenvalue weighted by atomic mass is 9.44. The summed E-state index contributed by atoms with van der Waals surface area (Å²) in [5.41, 5.74) is 12.9. The molecule has 2 aliphatic rings. The van der Waals surface area contributed by atoms with Crippen molar-refractivity contribution in [2.24, 2.45) is 0 Å². The maximum Gasteiger partial charge on any atom is 0.334 e. The Labute approximate surface area is 322 Å². The van der Waals surface area contributed by atoms with E-state index in [1.165, 1.54) is 39.0 Å². The van der Waals surface area contributed by atoms with Crippen LogP contribution in [0, 0.1) is 0 Å². The van der Waals surface area contributed by atoms with E-state index in [4.69, 9.17) is 14.5 Å². The maximum absolute atomic E-state index is 6.67. The van der Waals surface area contributed by atoms with E-state index < -0.39 is 0 Å². The van der Waals surface area contributed by atoms with Crippen LogP contribution in [0.25, 0.3) is 33.1 Å². The number of fused-ring (bicyclic) bond motifs is 7. The number of nitrogens with zero attached hydrogens (tertiary/aromatic N) is 3. The van der Waals surface area contributed by atoms with Gasteiger partial charge in [-0.1, -0.05) is 114 Å². The lowest BCUT2D eigenvalue weighted by molar-refractivity contribution is 0.481. The zero-order valence-electron chi connectivity index (χ0n) is 32.1. The van der Waals surface area contributed by atoms with Gasteiger partial charge in [-0.05, 0) is 105 Å². The minimum atomic E-state index is -0.121. The van der Waals surface area contributed by atoms with E-state index in [0.29, 0.717) is 5.75 Å². The molecule has 0 atom stereocenters. The maximum atomic E-state index is 6.67. The van der Waals surface area contributed by atoms with Crippen molar-refractivity contribution >= 4 is 56.8 Å². The topological polar surface area (TPSA) is 39.5 Å². The molecule has 4 heterocycles. The molecule has 0 saturated heterocycles. The first-order chi connectivity index (χ1) is 26.5. The first-order valence-corrected chi connectivity index (χ1v) is 19.1. The number of benzene rings is 6. The van der Waals surface area contributed by atoms with Crippen LogP contribution in [0.3, 0.4) is 0 Å². The van der Waals surface area contributed by atoms with E-state index in [2.05, 4.69) is 130 Å². The second-order valence-corrected chi connectivity index (χ2v) is 16.9. The first kappa shape index (κ1) is 33.3. The SMILES string of the molecule is CC(C)(C)c1ccc2c(c1)N(c1ccccc1)c1cc(C(C)(C)C)cc3c1B2n1c2ncc(Oc4ccccc4)cc2c2cc(Oc4ccccc4)cc-3c21. The second-order valence-electron chi connectivity index (χ2n) is 16.9. The van der Waals surface area contributed by atoms with Crippen LogP contribution in [0.15, 0.2) is 146 Å². The predicted octanol–water partition coefficient (Wildman–Crippen LogP) is 11.8. The van der Waals surface area contributed by atoms with E-state index in [-0.39, 0.29) is 17.7 Å². The molecule has 8 aromatic rings. The number of hydrogen-bond donors (Lipinski definition) is 0. The van der Waals surface area contributed by atoms with E-state index in [1.54, 1.807) is 0 Å². The van der Waals surface area contributed by atoms with E-state index in [1.807, 2.05) is 66.9 Å². The molecule has 55 heavy (non-hydrogen) atoms. The summed E-state index contributed by atoms with van der Waals surface area (Å²) in [4.78, 5) is 7.74. The smallest absolute Gasteiger partial charge is 0.334 e. The highest BCUT2D eigenvalue weighted by Crippen LogP contribution is 2.48. The van der Waals surface area contributed by atoms with Crippen molar-refractivity contribution in [2.45, 2.75) is 52.4 Å². The van der Waals surface area contributed by atoms with Gasteiger partial charge in [-0.2, -0.15) is 0 Å². The van der Waals surface area contributed by atoms with Crippen LogP contribution in [0.4, 0.5) is 17.1 Å². The Balaban J connectivity index is 1.33. The van der Waals surface area contributed by atoms with Gasteiger partial charge >= 0.3 is 6.85 Å². The van der Waals surface area contributed by atoms with Crippen molar-refractivity contribution in [2.75, 3.05) is 4.90 Å². The van der Waals surface area contributed by atoms with Crippen LogP contribution >= 0.6 is 0 Å². The summed E-state index contributed by atoms with van der Waals surface area (Å²) in [6.45, 7) is 13.7. The van der Waals surface area contributed by atoms with Gasteiger partial charge in [-0.25, -0.2) is 4.98 Å². The summed E-state index contributed by atoms with van der Waals surface area (Å²) >= 11 is 0. The highest BCUT2D eigenvalue weighted by atomic mass is 16.5. The average molecular weight is 716 g/mol. The number of anilines is 3. The molecule has 0 bridgehead atoms. The summed E-state index contributed by atoms with van der Waals surface area (Å²) in [5, 5.41) is 2.10. The molecule has 2 aromatic heterocycles. The van der Waals surface area contributed by atoms with Crippen molar-refractivity contribution < 1.29 is 9.47 Å². The fourth-order valence-corrected chi connectivity index (χ4v) is 8.44. The quantitative estimate of drug-likeness (QED) is 0.166. The number of ether oxygens (including phenoxy) is 2. The number of pyridine rings is 1. The van der Waals surface area contributed by atoms with Gasteiger partial charge in [0.1, 0.15) is 28.6 Å². The monoisotopic (exact) mass is 715 g/mol. The molecule has 6 heteroatoms. The van der Waals surface area contributed by atoms with Gasteiger partial charge in [0, 0.05) is 38.9 Å². The zero-order chi connectivity index (χ0) is 37.6. The van der Waals surface area contributed by atoms with Crippen LogP contribution in [-0.2, 0) is 10.8 Å². The molecule has 5 nitrogen and oxygen atoms in total. The molecular weight excluding hydrogens is 673 g/mol. The van der Waals surface area contributed by atoms with Crippen molar-refractivity contribution in [3.8, 4) is 34.1 Å². The van der Waals surface area contributed by atoms with E-state index in [0.717, 1.165) is 50.4 Å². The largest absolute Gasteiger partial charge is 0.457 e. The molecule has 0 N–H and O–H groups in total. The Hall–Kier alpha value is -6.27. The molecule has 10 rings (SSSR count). The van der Waals surface area contributed by atoms with Gasteiger partial charge in [0.25, 0.3) is 0 Å². The third-order valence-corrected chi connectivity index (χ3v) is 11.2. The Morgan fingerprint density at radius 3 is 1.78 bits per heavy atom. The van der Waals surface area contributed by atoms with Gasteiger partial charge in [0.05, 0.1) is 6.20 Å². The molecule has 268 valence electrons. The van der Waals surface area contributed by atoms with Crippen molar-refractivity contribution in [3.63, 3.8) is 0 Å². The normalized spacial score (nSPS) is 13.2. The Bertz CT molecular complexity index is 2780. The van der Waals surface area contributed by atoms with Crippen LogP contribution in [0.5, 0.6) is 23.0 Å². The van der Waals surface area contributed by atoms with Crippen molar-refractivity contribution in [1.29, 1.82) is 0 Å². The van der Waals surface area contributed by atoms with Gasteiger partial charge in [-0.3, -0.25) is 0 Å². The van der Waals surface area contributed by atoms with Crippen LogP contribution in [0.1, 0.15) is 52.7 Å². The van der Waals surface area contributed by atoms with E-state index >= 15 is 0 Å². The summed E-state index contributed by atoms with van der Waals surface area (Å²) in [7, 11) is 0. The zero-order valence-corrected chi connectivity index (χ0v) is 32.1. The summed E-state index contributed by atoms with van der Waals surface area (Å²) in [6, 6.07) is 49.3. The van der Waals surface area contributed by atoms with Crippen molar-refractivity contribution in [3.05, 3.63) is 157 Å². The fraction of sp³-hybridized carbons (Fsp3) is 0.163. The molecule has 0 unspecified atom stereocenters. The molecular formula is C49H42BN3O2. The van der Waals surface area contributed by atoms with Gasteiger partial charge in [-0.15, -0.1) is 0 Å². The second kappa shape index (κ2) is 12.1. The van der Waals surface area contributed by atoms with Crippen LogP contribution in [0.2, 0.25) is 0 Å². The Morgan fingerprint density at radius 2 is 1.13 bits per heavy atom. The summed E-state index contributed by atoms with van der Waals surface area (Å²) in [5.74, 6) is 3.04. The molecule has 6 aromatic carbocycles. The number of hydrogen-bond acceptors (Lipinski definition) is 4. The average Bonchev–Trinajstić information content (AvgIpc) is 3.49. The lowest BCUT2D eigenvalue weighted by Crippen LogP contribution is -2.57. The Morgan fingerprint density at radius 1 is 0.527 bits per heavy atom. The minimum Gasteiger partial charge on any atom is -0.457 e. The van der Waals surface area contributed by atoms with E-state index in [9.17, 15) is 0 Å². The highest BCUT2D eigenvalue weighted by molar-refractivity contribution is 6.90. The molecule has 0 spiro atoms. The molecule has 0 fully saturated rings. The third kappa shape index (κ3) is 5.42. The summed E-state index contributed by atoms with van der Waals surface area (Å²) in [6.07, 6.45) is 1.86. The van der Waals surface area contributed by atoms with Crippen LogP contribution in [-0.4, -0.2) is 16.3 Å². The molecule has 0 saturated carbocycles. The standard InChI is InChI=1S/C49H42BN3O2/c1-48(2,3)31-22-23-42-43(25-31)52(33-16-10-7-11-17-33)44-26-32(49(4,5)6)24-38-39-27-36(54-34-18-12-8-13-19-34)28-40-41-29-37(55-35-20-14-9-15-21-35)30-51-47(41)53(46(39)40)50(42)45(38)44/h7-30H,1-6H3. The van der Waals surface area contributed by atoms with Gasteiger partial charge in [0.15, 0.2) is 0 Å². The predicted molar refractivity (Wildman–Crippen MR) is 228 cm³/mol. The molecule has 0 aliphatic carbocycles. The highest BCUT2D eigenvalue weighted by Gasteiger charge is 2.44. The van der Waals surface area contributed by atoms with Gasteiger partial charge in [0.2, 0.25) is 0 Å². The lowest BCUT2D eigenvalue weighted by Gasteiger charge is -2.42. The van der Waals surface area contributed by atoms with Crippen LogP contribution < -0.4 is 25.3 Å². The van der Waals surface area contributed by atoms with Gasteiger partial charge < -0.3 is 18.9 Å². The van der Waals surface area contributed by atoms with Crippen molar-refractivity contribution in [1.82, 2.24) is 9.46 Å². The summed E-state index contributed by atoms with van der Waals surface area (Å²) < 4.78 is 15.6. The molecule has 0 radical (unpaired) electrons. The number of aromatic nitrogens is 2. The first-order valence-electron chi connectivity index (χ1n) is 19.1. The number of para-hydroxylation sites is 3. The number of rotatable bonds is 5.